The lowest BCUT2D eigenvalue weighted by atomic mass is 10.4. The van der Waals surface area contributed by atoms with E-state index in [9.17, 15) is 0 Å². The lowest BCUT2D eigenvalue weighted by Crippen LogP contribution is -1.72. The van der Waals surface area contributed by atoms with Crippen LogP contribution in [0.2, 0.25) is 0 Å². The maximum Gasteiger partial charge on any atom is 0.184 e. The average Bonchev–Trinajstić information content (AvgIpc) is 2.58. The second kappa shape index (κ2) is 3.53. The zero-order chi connectivity index (χ0) is 8.55. The lowest BCUT2D eigenvalue weighted by Gasteiger charge is -1.82. The third-order valence-electron chi connectivity index (χ3n) is 1.19. The fraction of sp³-hybridized carbons (Fsp3) is 0. The van der Waals surface area contributed by atoms with E-state index < -0.39 is 0 Å². The Morgan fingerprint density at radius 3 is 2.67 bits per heavy atom. The van der Waals surface area contributed by atoms with Gasteiger partial charge in [-0.25, -0.2) is 4.98 Å². The summed E-state index contributed by atoms with van der Waals surface area (Å²) in [6.45, 7) is 0. The predicted molar refractivity (Wildman–Crippen MR) is 58.6 cm³/mol. The van der Waals surface area contributed by atoms with Crippen LogP contribution in [-0.2, 0) is 0 Å². The van der Waals surface area contributed by atoms with Crippen molar-refractivity contribution >= 4 is 54.7 Å². The van der Waals surface area contributed by atoms with Gasteiger partial charge in [-0.1, -0.05) is 0 Å². The second-order valence-corrected chi connectivity index (χ2v) is 5.85. The summed E-state index contributed by atoms with van der Waals surface area (Å²) < 4.78 is 6.07. The molecular weight excluding hydrogens is 324 g/mol. The number of thiophene rings is 1. The molecule has 0 atom stereocenters. The van der Waals surface area contributed by atoms with Gasteiger partial charge in [0, 0.05) is 9.85 Å². The highest BCUT2D eigenvalue weighted by Crippen LogP contribution is 2.29. The van der Waals surface area contributed by atoms with Crippen molar-refractivity contribution in [2.45, 2.75) is 0 Å². The Hall–Kier alpha value is 0.220. The molecule has 0 aliphatic heterocycles. The third kappa shape index (κ3) is 1.76. The molecule has 2 nitrogen and oxygen atoms in total. The van der Waals surface area contributed by atoms with E-state index >= 15 is 0 Å². The number of halogens is 2. The zero-order valence-corrected chi connectivity index (χ0v) is 10.4. The molecule has 0 N–H and O–H groups in total. The average molecular weight is 326 g/mol. The molecule has 2 rings (SSSR count). The van der Waals surface area contributed by atoms with Crippen LogP contribution >= 0.6 is 54.7 Å². The highest BCUT2D eigenvalue weighted by molar-refractivity contribution is 9.11. The molecule has 0 saturated carbocycles. The molecule has 0 aliphatic carbocycles. The van der Waals surface area contributed by atoms with Crippen LogP contribution in [0.5, 0.6) is 0 Å². The minimum Gasteiger partial charge on any atom is -0.207 e. The maximum absolute atomic E-state index is 4.21. The van der Waals surface area contributed by atoms with Crippen molar-refractivity contribution < 1.29 is 0 Å². The van der Waals surface area contributed by atoms with Gasteiger partial charge in [0.25, 0.3) is 0 Å². The van der Waals surface area contributed by atoms with Crippen LogP contribution in [-0.4, -0.2) is 9.36 Å². The van der Waals surface area contributed by atoms with Gasteiger partial charge in [-0.2, -0.15) is 4.37 Å². The quantitative estimate of drug-likeness (QED) is 0.797. The zero-order valence-electron chi connectivity index (χ0n) is 5.62. The van der Waals surface area contributed by atoms with E-state index in [-0.39, 0.29) is 0 Å². The Morgan fingerprint density at radius 1 is 1.33 bits per heavy atom. The summed E-state index contributed by atoms with van der Waals surface area (Å²) in [5.74, 6) is 0.794. The fourth-order valence-electron chi connectivity index (χ4n) is 0.735. The second-order valence-electron chi connectivity index (χ2n) is 2.00. The van der Waals surface area contributed by atoms with Gasteiger partial charge in [-0.3, -0.25) is 0 Å². The van der Waals surface area contributed by atoms with Crippen LogP contribution in [0.1, 0.15) is 0 Å². The Morgan fingerprint density at radius 2 is 2.17 bits per heavy atom. The molecule has 0 amide bonds. The van der Waals surface area contributed by atoms with Gasteiger partial charge in [0.05, 0.1) is 4.88 Å². The van der Waals surface area contributed by atoms with Crippen molar-refractivity contribution in [3.8, 4) is 10.7 Å². The number of hydrogen-bond acceptors (Lipinski definition) is 4. The van der Waals surface area contributed by atoms with Gasteiger partial charge in [0.2, 0.25) is 0 Å². The largest absolute Gasteiger partial charge is 0.207 e. The van der Waals surface area contributed by atoms with E-state index in [4.69, 9.17) is 0 Å². The predicted octanol–water partition coefficient (Wildman–Crippen LogP) is 3.79. The topological polar surface area (TPSA) is 25.8 Å². The molecule has 0 unspecified atom stereocenters. The standard InChI is InChI=1S/C6H2Br2N2S2/c7-3-1-4(11-2-3)5-9-6(8)12-10-5/h1-2H. The first kappa shape index (κ1) is 8.80. The molecule has 2 aromatic rings. The van der Waals surface area contributed by atoms with Gasteiger partial charge in [0.1, 0.15) is 0 Å². The molecular formula is C6H2Br2N2S2. The fourth-order valence-corrected chi connectivity index (χ4v) is 2.97. The highest BCUT2D eigenvalue weighted by atomic mass is 79.9. The first-order valence-electron chi connectivity index (χ1n) is 2.99. The monoisotopic (exact) mass is 324 g/mol. The first-order valence-corrected chi connectivity index (χ1v) is 6.23. The molecule has 62 valence electrons. The first-order chi connectivity index (χ1) is 5.75. The van der Waals surface area contributed by atoms with Crippen LogP contribution in [0.15, 0.2) is 19.8 Å². The summed E-state index contributed by atoms with van der Waals surface area (Å²) >= 11 is 9.64. The minimum absolute atomic E-state index is 0.794. The van der Waals surface area contributed by atoms with E-state index in [2.05, 4.69) is 41.2 Å². The van der Waals surface area contributed by atoms with Crippen molar-refractivity contribution in [2.24, 2.45) is 0 Å². The Balaban J connectivity index is 2.43. The van der Waals surface area contributed by atoms with Gasteiger partial charge in [-0.15, -0.1) is 11.3 Å². The lowest BCUT2D eigenvalue weighted by molar-refractivity contribution is 1.32. The van der Waals surface area contributed by atoms with Gasteiger partial charge < -0.3 is 0 Å². The molecule has 0 spiro atoms. The summed E-state index contributed by atoms with van der Waals surface area (Å²) in [5, 5.41) is 2.02. The SMILES string of the molecule is Brc1csc(-c2nsc(Br)n2)c1. The van der Waals surface area contributed by atoms with Crippen molar-refractivity contribution in [1.82, 2.24) is 9.36 Å². The molecule has 6 heteroatoms. The summed E-state index contributed by atoms with van der Waals surface area (Å²) in [7, 11) is 0. The van der Waals surface area contributed by atoms with Crippen LogP contribution in [0.4, 0.5) is 0 Å². The molecule has 0 aliphatic rings. The van der Waals surface area contributed by atoms with Crippen molar-refractivity contribution in [3.05, 3.63) is 19.8 Å². The number of hydrogen-bond donors (Lipinski definition) is 0. The normalized spacial score (nSPS) is 10.5. The molecule has 0 aromatic carbocycles. The van der Waals surface area contributed by atoms with E-state index in [0.29, 0.717) is 0 Å². The smallest absolute Gasteiger partial charge is 0.184 e. The van der Waals surface area contributed by atoms with E-state index in [0.717, 1.165) is 19.1 Å². The Labute approximate surface area is 94.1 Å². The van der Waals surface area contributed by atoms with Crippen LogP contribution in [0.3, 0.4) is 0 Å². The molecule has 2 heterocycles. The molecule has 0 radical (unpaired) electrons. The molecule has 12 heavy (non-hydrogen) atoms. The van der Waals surface area contributed by atoms with E-state index in [1.165, 1.54) is 11.5 Å². The van der Waals surface area contributed by atoms with Crippen molar-refractivity contribution in [2.75, 3.05) is 0 Å². The van der Waals surface area contributed by atoms with Crippen LogP contribution in [0.25, 0.3) is 10.7 Å². The van der Waals surface area contributed by atoms with Gasteiger partial charge in [0.15, 0.2) is 9.74 Å². The summed E-state index contributed by atoms with van der Waals surface area (Å²) in [5.41, 5.74) is 0. The number of nitrogens with zero attached hydrogens (tertiary/aromatic N) is 2. The molecule has 0 saturated heterocycles. The minimum atomic E-state index is 0.794. The van der Waals surface area contributed by atoms with Crippen LogP contribution in [0, 0.1) is 0 Å². The van der Waals surface area contributed by atoms with Crippen molar-refractivity contribution in [3.63, 3.8) is 0 Å². The Kier molecular flexibility index (Phi) is 2.59. The highest BCUT2D eigenvalue weighted by Gasteiger charge is 2.06. The Bertz CT molecular complexity index is 357. The van der Waals surface area contributed by atoms with Gasteiger partial charge >= 0.3 is 0 Å². The van der Waals surface area contributed by atoms with E-state index in [1.54, 1.807) is 11.3 Å². The summed E-state index contributed by atoms with van der Waals surface area (Å²) in [6.07, 6.45) is 0. The molecule has 0 fully saturated rings. The van der Waals surface area contributed by atoms with Gasteiger partial charge in [-0.05, 0) is 49.5 Å². The van der Waals surface area contributed by atoms with Crippen molar-refractivity contribution in [1.29, 1.82) is 0 Å². The maximum atomic E-state index is 4.21. The summed E-state index contributed by atoms with van der Waals surface area (Å²) in [4.78, 5) is 5.29. The number of aromatic nitrogens is 2. The van der Waals surface area contributed by atoms with E-state index in [1.807, 2.05) is 11.4 Å². The molecule has 2 aromatic heterocycles. The number of rotatable bonds is 1. The third-order valence-corrected chi connectivity index (χ3v) is 3.99. The van der Waals surface area contributed by atoms with Crippen LogP contribution < -0.4 is 0 Å². The summed E-state index contributed by atoms with van der Waals surface area (Å²) in [6, 6.07) is 2.01. The molecule has 0 bridgehead atoms.